The molecular formula is C41H76N2O7P+. The summed E-state index contributed by atoms with van der Waals surface area (Å²) >= 11 is 0. The third kappa shape index (κ3) is 35.0. The van der Waals surface area contributed by atoms with E-state index in [2.05, 4.69) is 37.4 Å². The molecule has 0 aromatic heterocycles. The van der Waals surface area contributed by atoms with Crippen LogP contribution >= 0.6 is 7.82 Å². The van der Waals surface area contributed by atoms with Crippen LogP contribution in [0.25, 0.3) is 0 Å². The molecule has 9 nitrogen and oxygen atoms in total. The summed E-state index contributed by atoms with van der Waals surface area (Å²) in [4.78, 5) is 34.8. The van der Waals surface area contributed by atoms with E-state index in [-0.39, 0.29) is 24.9 Å². The molecule has 3 N–H and O–H groups in total. The number of ketones is 1. The van der Waals surface area contributed by atoms with Crippen LogP contribution in [0.4, 0.5) is 0 Å². The number of hydrogen-bond acceptors (Lipinski definition) is 6. The fourth-order valence-corrected chi connectivity index (χ4v) is 5.93. The van der Waals surface area contributed by atoms with Crippen LogP contribution in [-0.4, -0.2) is 79.2 Å². The van der Waals surface area contributed by atoms with Gasteiger partial charge in [0.25, 0.3) is 0 Å². The Balaban J connectivity index is 4.60. The normalized spacial score (nSPS) is 15.0. The number of unbranched alkanes of at least 4 members (excludes halogenated alkanes) is 15. The molecule has 0 saturated carbocycles. The summed E-state index contributed by atoms with van der Waals surface area (Å²) in [5, 5.41) is 13.7. The van der Waals surface area contributed by atoms with E-state index >= 15 is 0 Å². The van der Waals surface area contributed by atoms with Crippen molar-refractivity contribution in [1.82, 2.24) is 5.32 Å². The van der Waals surface area contributed by atoms with Gasteiger partial charge in [-0.2, -0.15) is 0 Å². The highest BCUT2D eigenvalue weighted by atomic mass is 31.2. The quantitative estimate of drug-likeness (QED) is 0.0148. The average molecular weight is 740 g/mol. The zero-order valence-electron chi connectivity index (χ0n) is 33.1. The highest BCUT2D eigenvalue weighted by Crippen LogP contribution is 2.43. The largest absolute Gasteiger partial charge is 0.472 e. The number of allylic oxidation sites excluding steroid dienone is 7. The van der Waals surface area contributed by atoms with E-state index < -0.39 is 20.0 Å². The fraction of sp³-hybridized carbons (Fsp3) is 0.756. The van der Waals surface area contributed by atoms with E-state index in [9.17, 15) is 24.2 Å². The summed E-state index contributed by atoms with van der Waals surface area (Å²) in [6, 6.07) is -0.880. The number of carbonyl (C=O) groups excluding carboxylic acids is 2. The number of amides is 1. The zero-order valence-corrected chi connectivity index (χ0v) is 34.0. The van der Waals surface area contributed by atoms with E-state index in [1.54, 1.807) is 12.2 Å². The molecule has 0 aliphatic rings. The van der Waals surface area contributed by atoms with Crippen molar-refractivity contribution in [2.24, 2.45) is 0 Å². The first-order valence-electron chi connectivity index (χ1n) is 20.0. The highest BCUT2D eigenvalue weighted by molar-refractivity contribution is 7.47. The molecule has 51 heavy (non-hydrogen) atoms. The molecule has 296 valence electrons. The Kier molecular flexibility index (Phi) is 31.6. The van der Waals surface area contributed by atoms with Gasteiger partial charge in [0.2, 0.25) is 5.91 Å². The van der Waals surface area contributed by atoms with Gasteiger partial charge in [-0.25, -0.2) is 4.57 Å². The SMILES string of the molecule is CCC/C=C\CCCCCCCC/C=C/[C@@H](O)[C@H](COP(=O)(O)OCC[N+](C)(C)C)NC(=O)CCCCCCC/C=C\C=C\C(=O)CCCCC. The van der Waals surface area contributed by atoms with Gasteiger partial charge in [0.05, 0.1) is 39.9 Å². The van der Waals surface area contributed by atoms with Crippen molar-refractivity contribution >= 4 is 19.5 Å². The minimum absolute atomic E-state index is 0.0420. The topological polar surface area (TPSA) is 122 Å². The molecule has 1 amide bonds. The summed E-state index contributed by atoms with van der Waals surface area (Å²) in [6.45, 7) is 4.54. The number of hydrogen-bond donors (Lipinski definition) is 3. The number of phosphoric acid groups is 1. The van der Waals surface area contributed by atoms with Crippen LogP contribution in [0.15, 0.2) is 48.6 Å². The minimum Gasteiger partial charge on any atom is -0.387 e. The van der Waals surface area contributed by atoms with Crippen molar-refractivity contribution in [1.29, 1.82) is 0 Å². The lowest BCUT2D eigenvalue weighted by molar-refractivity contribution is -0.870. The van der Waals surface area contributed by atoms with Crippen LogP contribution in [-0.2, 0) is 23.2 Å². The molecule has 0 spiro atoms. The van der Waals surface area contributed by atoms with E-state index in [4.69, 9.17) is 9.05 Å². The number of aliphatic hydroxyl groups is 1. The number of quaternary nitrogens is 1. The monoisotopic (exact) mass is 740 g/mol. The molecule has 0 heterocycles. The van der Waals surface area contributed by atoms with E-state index in [0.29, 0.717) is 30.3 Å². The van der Waals surface area contributed by atoms with Crippen LogP contribution < -0.4 is 5.32 Å². The van der Waals surface area contributed by atoms with E-state index in [1.807, 2.05) is 39.4 Å². The first-order valence-corrected chi connectivity index (χ1v) is 21.5. The zero-order chi connectivity index (χ0) is 38.1. The smallest absolute Gasteiger partial charge is 0.387 e. The molecular weight excluding hydrogens is 663 g/mol. The second kappa shape index (κ2) is 32.8. The first-order chi connectivity index (χ1) is 24.4. The number of nitrogens with zero attached hydrogens (tertiary/aromatic N) is 1. The standard InChI is InChI=1S/C41H75N2O7P/c1-6-8-10-11-12-13-14-15-16-19-22-25-29-33-40(45)39(37-50-51(47,48)49-36-35-43(3,4)5)42-41(46)34-30-26-23-20-17-18-21-24-28-32-38(44)31-27-9-7-2/h10-11,21,24,28-29,32-33,39-40,45H,6-9,12-20,22-23,25-27,30-31,34-37H2,1-5H3,(H-,42,46,47,48)/p+1/b11-10-,24-21-,32-28+,33-29+/t39-,40+/m0/s1. The molecule has 0 rings (SSSR count). The van der Waals surface area contributed by atoms with Crippen molar-refractivity contribution in [2.45, 2.75) is 161 Å². The average Bonchev–Trinajstić information content (AvgIpc) is 3.06. The van der Waals surface area contributed by atoms with Gasteiger partial charge in [0, 0.05) is 12.8 Å². The van der Waals surface area contributed by atoms with Crippen LogP contribution in [0.5, 0.6) is 0 Å². The van der Waals surface area contributed by atoms with Gasteiger partial charge < -0.3 is 19.8 Å². The molecule has 0 bridgehead atoms. The lowest BCUT2D eigenvalue weighted by atomic mass is 10.1. The van der Waals surface area contributed by atoms with Crippen LogP contribution in [0.1, 0.15) is 149 Å². The third-order valence-electron chi connectivity index (χ3n) is 8.47. The molecule has 0 aromatic rings. The number of nitrogens with one attached hydrogen (secondary N) is 1. The minimum atomic E-state index is -4.36. The summed E-state index contributed by atoms with van der Waals surface area (Å²) in [6.07, 6.45) is 35.8. The Hall–Kier alpha value is -1.87. The van der Waals surface area contributed by atoms with Gasteiger partial charge >= 0.3 is 7.82 Å². The summed E-state index contributed by atoms with van der Waals surface area (Å²) < 4.78 is 23.4. The van der Waals surface area contributed by atoms with Crippen LogP contribution in [0.3, 0.4) is 0 Å². The van der Waals surface area contributed by atoms with Crippen LogP contribution in [0, 0.1) is 0 Å². The lowest BCUT2D eigenvalue weighted by Gasteiger charge is -2.25. The first kappa shape index (κ1) is 49.1. The maximum absolute atomic E-state index is 12.8. The number of rotatable bonds is 35. The predicted octanol–water partition coefficient (Wildman–Crippen LogP) is 9.70. The third-order valence-corrected chi connectivity index (χ3v) is 9.45. The molecule has 0 saturated heterocycles. The Morgan fingerprint density at radius 2 is 1.27 bits per heavy atom. The molecule has 1 unspecified atom stereocenters. The predicted molar refractivity (Wildman–Crippen MR) is 212 cm³/mol. The van der Waals surface area contributed by atoms with Gasteiger partial charge in [-0.15, -0.1) is 0 Å². The van der Waals surface area contributed by atoms with Crippen molar-refractivity contribution in [3.05, 3.63) is 48.6 Å². The lowest BCUT2D eigenvalue weighted by Crippen LogP contribution is -2.45. The summed E-state index contributed by atoms with van der Waals surface area (Å²) in [5.41, 5.74) is 0. The Morgan fingerprint density at radius 3 is 1.90 bits per heavy atom. The molecule has 10 heteroatoms. The van der Waals surface area contributed by atoms with Gasteiger partial charge in [-0.05, 0) is 63.9 Å². The van der Waals surface area contributed by atoms with E-state index in [1.165, 1.54) is 38.5 Å². The summed E-state index contributed by atoms with van der Waals surface area (Å²) in [5.74, 6) is -0.0432. The van der Waals surface area contributed by atoms with Gasteiger partial charge in [0.1, 0.15) is 13.2 Å². The number of aliphatic hydroxyl groups excluding tert-OH is 1. The van der Waals surface area contributed by atoms with Crippen molar-refractivity contribution in [2.75, 3.05) is 40.9 Å². The van der Waals surface area contributed by atoms with Gasteiger partial charge in [0.15, 0.2) is 5.78 Å². The van der Waals surface area contributed by atoms with Gasteiger partial charge in [-0.1, -0.05) is 121 Å². The Bertz CT molecular complexity index is 1040. The Labute approximate surface area is 312 Å². The maximum atomic E-state index is 12.8. The number of likely N-dealkylation sites (N-methyl/N-ethyl adjacent to an activating group) is 1. The summed E-state index contributed by atoms with van der Waals surface area (Å²) in [7, 11) is 1.50. The molecule has 0 aliphatic carbocycles. The van der Waals surface area contributed by atoms with Crippen molar-refractivity contribution < 1.29 is 37.7 Å². The molecule has 3 atom stereocenters. The molecule has 0 aromatic carbocycles. The van der Waals surface area contributed by atoms with Gasteiger partial charge in [-0.3, -0.25) is 18.6 Å². The van der Waals surface area contributed by atoms with Crippen LogP contribution in [0.2, 0.25) is 0 Å². The van der Waals surface area contributed by atoms with Crippen molar-refractivity contribution in [3.63, 3.8) is 0 Å². The Morgan fingerprint density at radius 1 is 0.706 bits per heavy atom. The maximum Gasteiger partial charge on any atom is 0.472 e. The fourth-order valence-electron chi connectivity index (χ4n) is 5.20. The second-order valence-corrected chi connectivity index (χ2v) is 16.1. The molecule has 0 radical (unpaired) electrons. The number of carbonyl (C=O) groups is 2. The molecule has 0 aliphatic heterocycles. The molecule has 0 fully saturated rings. The van der Waals surface area contributed by atoms with Crippen molar-refractivity contribution in [3.8, 4) is 0 Å². The number of phosphoric ester groups is 1. The van der Waals surface area contributed by atoms with E-state index in [0.717, 1.165) is 77.0 Å². The highest BCUT2D eigenvalue weighted by Gasteiger charge is 2.27. The second-order valence-electron chi connectivity index (χ2n) is 14.7.